The maximum absolute atomic E-state index is 11.0. The second-order valence-corrected chi connectivity index (χ2v) is 9.72. The van der Waals surface area contributed by atoms with Crippen LogP contribution in [0.15, 0.2) is 0 Å². The molecule has 0 aromatic carbocycles. The Bertz CT molecular complexity index is 445. The highest BCUT2D eigenvalue weighted by molar-refractivity contribution is 5.11. The molecule has 0 saturated heterocycles. The van der Waals surface area contributed by atoms with Gasteiger partial charge >= 0.3 is 0 Å². The van der Waals surface area contributed by atoms with Crippen molar-refractivity contribution in [2.24, 2.45) is 40.9 Å². The van der Waals surface area contributed by atoms with Crippen LogP contribution in [0.3, 0.4) is 0 Å². The summed E-state index contributed by atoms with van der Waals surface area (Å²) in [6.45, 7) is 6.94. The zero-order valence-corrected chi connectivity index (χ0v) is 14.6. The fraction of sp³-hybridized carbons (Fsp3) is 1.00. The van der Waals surface area contributed by atoms with Gasteiger partial charge in [0.1, 0.15) is 0 Å². The van der Waals surface area contributed by atoms with Gasteiger partial charge in [-0.15, -0.1) is 0 Å². The lowest BCUT2D eigenvalue weighted by Crippen LogP contribution is -2.54. The maximum atomic E-state index is 11.0. The summed E-state index contributed by atoms with van der Waals surface area (Å²) in [6.07, 6.45) is 9.37. The molecule has 4 fully saturated rings. The first kappa shape index (κ1) is 15.4. The molecule has 0 unspecified atom stereocenters. The smallest absolute Gasteiger partial charge is 0.0675 e. The van der Waals surface area contributed by atoms with Crippen LogP contribution in [0.4, 0.5) is 0 Å². The van der Waals surface area contributed by atoms with E-state index in [-0.39, 0.29) is 11.5 Å². The van der Waals surface area contributed by atoms with Crippen LogP contribution in [0, 0.1) is 40.9 Å². The third-order valence-electron chi connectivity index (χ3n) is 8.84. The molecular formula is C20H34O2. The minimum Gasteiger partial charge on any atom is -0.393 e. The molecule has 4 aliphatic carbocycles. The van der Waals surface area contributed by atoms with Gasteiger partial charge in [-0.1, -0.05) is 13.8 Å². The Morgan fingerprint density at radius 1 is 0.909 bits per heavy atom. The maximum Gasteiger partial charge on any atom is 0.0675 e. The first-order valence-electron chi connectivity index (χ1n) is 9.74. The Morgan fingerprint density at radius 3 is 2.45 bits per heavy atom. The molecule has 2 N–H and O–H groups in total. The zero-order valence-electron chi connectivity index (χ0n) is 14.6. The second-order valence-electron chi connectivity index (χ2n) is 9.72. The molecule has 126 valence electrons. The van der Waals surface area contributed by atoms with E-state index in [0.29, 0.717) is 0 Å². The Morgan fingerprint density at radius 2 is 1.68 bits per heavy atom. The van der Waals surface area contributed by atoms with Gasteiger partial charge in [0.05, 0.1) is 11.7 Å². The molecule has 0 bridgehead atoms. The average Bonchev–Trinajstić information content (AvgIpc) is 2.69. The Kier molecular flexibility index (Phi) is 3.48. The zero-order chi connectivity index (χ0) is 15.7. The fourth-order valence-corrected chi connectivity index (χ4v) is 7.52. The molecule has 0 aliphatic heterocycles. The van der Waals surface area contributed by atoms with Crippen LogP contribution in [0.25, 0.3) is 0 Å². The molecule has 0 aromatic heterocycles. The summed E-state index contributed by atoms with van der Waals surface area (Å²) in [4.78, 5) is 0. The molecule has 2 heteroatoms. The van der Waals surface area contributed by atoms with Gasteiger partial charge in [-0.3, -0.25) is 0 Å². The van der Waals surface area contributed by atoms with Crippen molar-refractivity contribution in [2.45, 2.75) is 83.8 Å². The van der Waals surface area contributed by atoms with Gasteiger partial charge in [0.2, 0.25) is 0 Å². The normalized spacial score (nSPS) is 61.2. The predicted molar refractivity (Wildman–Crippen MR) is 88.3 cm³/mol. The van der Waals surface area contributed by atoms with Crippen LogP contribution in [0.1, 0.15) is 72.1 Å². The molecule has 22 heavy (non-hydrogen) atoms. The molecule has 4 saturated carbocycles. The quantitative estimate of drug-likeness (QED) is 0.710. The van der Waals surface area contributed by atoms with Gasteiger partial charge in [-0.2, -0.15) is 0 Å². The van der Waals surface area contributed by atoms with Crippen LogP contribution in [0.5, 0.6) is 0 Å². The Hall–Kier alpha value is -0.0800. The van der Waals surface area contributed by atoms with Gasteiger partial charge in [-0.25, -0.2) is 0 Å². The molecule has 0 heterocycles. The average molecular weight is 306 g/mol. The highest BCUT2D eigenvalue weighted by Gasteiger charge is 2.62. The summed E-state index contributed by atoms with van der Waals surface area (Å²) in [6, 6.07) is 0. The number of fused-ring (bicyclic) bond motifs is 5. The summed E-state index contributed by atoms with van der Waals surface area (Å²) in [5.41, 5.74) is -0.314. The topological polar surface area (TPSA) is 40.5 Å². The van der Waals surface area contributed by atoms with Gasteiger partial charge in [0, 0.05) is 0 Å². The van der Waals surface area contributed by atoms with Gasteiger partial charge in [0.25, 0.3) is 0 Å². The number of aliphatic hydroxyl groups is 2. The lowest BCUT2D eigenvalue weighted by atomic mass is 9.47. The van der Waals surface area contributed by atoms with Crippen LogP contribution in [-0.2, 0) is 0 Å². The highest BCUT2D eigenvalue weighted by Crippen LogP contribution is 2.66. The second kappa shape index (κ2) is 4.96. The lowest BCUT2D eigenvalue weighted by molar-refractivity contribution is -0.140. The summed E-state index contributed by atoms with van der Waals surface area (Å²) in [5.74, 6) is 4.82. The van der Waals surface area contributed by atoms with Crippen molar-refractivity contribution >= 4 is 0 Å². The molecule has 4 aliphatic rings. The first-order chi connectivity index (χ1) is 10.3. The van der Waals surface area contributed by atoms with Gasteiger partial charge in [0.15, 0.2) is 0 Å². The van der Waals surface area contributed by atoms with E-state index in [2.05, 4.69) is 20.8 Å². The Balaban J connectivity index is 1.63. The first-order valence-corrected chi connectivity index (χ1v) is 9.74. The van der Waals surface area contributed by atoms with Crippen molar-refractivity contribution in [3.05, 3.63) is 0 Å². The number of rotatable bonds is 0. The lowest BCUT2D eigenvalue weighted by Gasteiger charge is -2.59. The summed E-state index contributed by atoms with van der Waals surface area (Å²) >= 11 is 0. The van der Waals surface area contributed by atoms with Crippen LogP contribution in [0.2, 0.25) is 0 Å². The van der Waals surface area contributed by atoms with Gasteiger partial charge < -0.3 is 10.2 Å². The third kappa shape index (κ3) is 1.99. The summed E-state index contributed by atoms with van der Waals surface area (Å²) < 4.78 is 0. The van der Waals surface area contributed by atoms with Crippen molar-refractivity contribution in [3.8, 4) is 0 Å². The number of hydrogen-bond donors (Lipinski definition) is 2. The van der Waals surface area contributed by atoms with Crippen molar-refractivity contribution in [3.63, 3.8) is 0 Å². The predicted octanol–water partition coefficient (Wildman–Crippen LogP) is 4.00. The van der Waals surface area contributed by atoms with E-state index in [1.54, 1.807) is 0 Å². The highest BCUT2D eigenvalue weighted by atomic mass is 16.3. The minimum atomic E-state index is -0.456. The number of aliphatic hydroxyl groups excluding tert-OH is 1. The summed E-state index contributed by atoms with van der Waals surface area (Å²) in [5, 5.41) is 21.0. The van der Waals surface area contributed by atoms with E-state index < -0.39 is 5.60 Å². The van der Waals surface area contributed by atoms with E-state index in [1.165, 1.54) is 32.1 Å². The molecule has 0 amide bonds. The summed E-state index contributed by atoms with van der Waals surface area (Å²) in [7, 11) is 0. The van der Waals surface area contributed by atoms with E-state index in [0.717, 1.165) is 54.8 Å². The van der Waals surface area contributed by atoms with E-state index in [9.17, 15) is 10.2 Å². The van der Waals surface area contributed by atoms with Crippen molar-refractivity contribution in [2.75, 3.05) is 0 Å². The number of hydrogen-bond acceptors (Lipinski definition) is 2. The molecule has 0 spiro atoms. The molecule has 0 radical (unpaired) electrons. The third-order valence-corrected chi connectivity index (χ3v) is 8.84. The van der Waals surface area contributed by atoms with E-state index in [4.69, 9.17) is 0 Å². The standard InChI is InChI=1S/C20H34O2/c1-12-10-13-11-14(21)4-5-15(13)16-6-8-19(2)17(18(12)16)7-9-20(19,3)22/h12-18,21-22H,4-11H2,1-3H3/t12-,13-,14-,15+,16-,17+,18-,19+,20+/m1/s1. The molecule has 9 atom stereocenters. The van der Waals surface area contributed by atoms with Crippen molar-refractivity contribution < 1.29 is 10.2 Å². The van der Waals surface area contributed by atoms with E-state index in [1.807, 2.05) is 0 Å². The fourth-order valence-electron chi connectivity index (χ4n) is 7.52. The van der Waals surface area contributed by atoms with Gasteiger partial charge in [-0.05, 0) is 99.2 Å². The van der Waals surface area contributed by atoms with Crippen LogP contribution in [-0.4, -0.2) is 21.9 Å². The molecule has 4 rings (SSSR count). The van der Waals surface area contributed by atoms with Crippen molar-refractivity contribution in [1.82, 2.24) is 0 Å². The largest absolute Gasteiger partial charge is 0.393 e. The molecule has 2 nitrogen and oxygen atoms in total. The van der Waals surface area contributed by atoms with Crippen molar-refractivity contribution in [1.29, 1.82) is 0 Å². The van der Waals surface area contributed by atoms with Crippen LogP contribution < -0.4 is 0 Å². The van der Waals surface area contributed by atoms with Crippen LogP contribution >= 0.6 is 0 Å². The Labute approximate surface area is 135 Å². The molecular weight excluding hydrogens is 272 g/mol. The SMILES string of the molecule is C[C@@H]1C[C@@H]2C[C@H](O)CC[C@@H]2[C@H]2CC[C@@]3(C)[C@@H](CC[C@]3(C)O)[C@@H]21. The van der Waals surface area contributed by atoms with E-state index >= 15 is 0 Å². The monoisotopic (exact) mass is 306 g/mol. The molecule has 0 aromatic rings. The minimum absolute atomic E-state index is 0.0360.